The van der Waals surface area contributed by atoms with Crippen LogP contribution in [0.3, 0.4) is 0 Å². The van der Waals surface area contributed by atoms with Crippen LogP contribution in [-0.4, -0.2) is 4.98 Å². The molecule has 0 aliphatic rings. The third-order valence-electron chi connectivity index (χ3n) is 9.26. The van der Waals surface area contributed by atoms with Gasteiger partial charge in [0.05, 0.1) is 5.69 Å². The first-order valence-corrected chi connectivity index (χ1v) is 15.8. The number of hydrogen-bond acceptors (Lipinski definition) is 4. The van der Waals surface area contributed by atoms with Gasteiger partial charge in [-0.2, -0.15) is 0 Å². The molecule has 0 saturated carbocycles. The minimum Gasteiger partial charge on any atom is -0.456 e. The van der Waals surface area contributed by atoms with Crippen molar-refractivity contribution in [1.29, 1.82) is 0 Å². The molecular formula is C43H26N2O2. The summed E-state index contributed by atoms with van der Waals surface area (Å²) in [5, 5.41) is 9.36. The summed E-state index contributed by atoms with van der Waals surface area (Å²) in [6, 6.07) is 55.2. The lowest BCUT2D eigenvalue weighted by atomic mass is 9.95. The summed E-state index contributed by atoms with van der Waals surface area (Å²) in [6.07, 6.45) is 0. The van der Waals surface area contributed by atoms with Crippen molar-refractivity contribution in [2.45, 2.75) is 0 Å². The molecule has 0 radical (unpaired) electrons. The van der Waals surface area contributed by atoms with Gasteiger partial charge in [0.15, 0.2) is 5.58 Å². The summed E-state index contributed by atoms with van der Waals surface area (Å²) in [6.45, 7) is 0. The molecule has 10 rings (SSSR count). The maximum absolute atomic E-state index is 6.57. The highest BCUT2D eigenvalue weighted by Gasteiger charge is 2.21. The highest BCUT2D eigenvalue weighted by Crippen LogP contribution is 2.45. The van der Waals surface area contributed by atoms with Crippen molar-refractivity contribution in [2.75, 3.05) is 4.90 Å². The summed E-state index contributed by atoms with van der Waals surface area (Å²) in [4.78, 5) is 7.15. The zero-order valence-corrected chi connectivity index (χ0v) is 25.2. The monoisotopic (exact) mass is 602 g/mol. The molecular weight excluding hydrogens is 576 g/mol. The second-order valence-electron chi connectivity index (χ2n) is 11.9. The number of furan rings is 1. The van der Waals surface area contributed by atoms with Crippen LogP contribution in [0.1, 0.15) is 0 Å². The molecule has 0 bridgehead atoms. The van der Waals surface area contributed by atoms with E-state index in [1.54, 1.807) is 0 Å². The normalized spacial score (nSPS) is 11.8. The van der Waals surface area contributed by atoms with Crippen LogP contribution in [0.4, 0.5) is 17.1 Å². The molecule has 0 atom stereocenters. The van der Waals surface area contributed by atoms with Crippen LogP contribution < -0.4 is 4.90 Å². The fraction of sp³-hybridized carbons (Fsp3) is 0. The van der Waals surface area contributed by atoms with E-state index < -0.39 is 0 Å². The predicted molar refractivity (Wildman–Crippen MR) is 194 cm³/mol. The van der Waals surface area contributed by atoms with E-state index in [9.17, 15) is 0 Å². The third kappa shape index (κ3) is 3.98. The summed E-state index contributed by atoms with van der Waals surface area (Å²) < 4.78 is 12.8. The lowest BCUT2D eigenvalue weighted by Crippen LogP contribution is -2.10. The zero-order chi connectivity index (χ0) is 30.9. The first-order valence-electron chi connectivity index (χ1n) is 15.8. The first kappa shape index (κ1) is 25.9. The van der Waals surface area contributed by atoms with Crippen LogP contribution in [0.5, 0.6) is 0 Å². The Kier molecular flexibility index (Phi) is 5.54. The Morgan fingerprint density at radius 3 is 2.04 bits per heavy atom. The Labute approximate surface area is 269 Å². The molecule has 0 unspecified atom stereocenters. The molecule has 4 nitrogen and oxygen atoms in total. The van der Waals surface area contributed by atoms with Gasteiger partial charge in [0.1, 0.15) is 16.7 Å². The highest BCUT2D eigenvalue weighted by atomic mass is 16.3. The summed E-state index contributed by atoms with van der Waals surface area (Å²) in [5.41, 5.74) is 7.31. The third-order valence-corrected chi connectivity index (χ3v) is 9.26. The molecule has 0 spiro atoms. The second-order valence-corrected chi connectivity index (χ2v) is 11.9. The molecule has 4 heteroatoms. The number of para-hydroxylation sites is 3. The maximum Gasteiger partial charge on any atom is 0.228 e. The smallest absolute Gasteiger partial charge is 0.228 e. The number of hydrogen-bond donors (Lipinski definition) is 0. The molecule has 0 fully saturated rings. The molecule has 2 heterocycles. The lowest BCUT2D eigenvalue weighted by Gasteiger charge is -2.27. The van der Waals surface area contributed by atoms with Crippen molar-refractivity contribution in [3.05, 3.63) is 158 Å². The van der Waals surface area contributed by atoms with Gasteiger partial charge in [-0.1, -0.05) is 97.1 Å². The zero-order valence-electron chi connectivity index (χ0n) is 25.2. The number of fused-ring (bicyclic) bond motifs is 9. The Morgan fingerprint density at radius 2 is 1.15 bits per heavy atom. The number of rotatable bonds is 4. The van der Waals surface area contributed by atoms with Crippen molar-refractivity contribution in [2.24, 2.45) is 0 Å². The van der Waals surface area contributed by atoms with Crippen molar-refractivity contribution >= 4 is 82.4 Å². The van der Waals surface area contributed by atoms with E-state index in [1.807, 2.05) is 36.4 Å². The van der Waals surface area contributed by atoms with E-state index in [2.05, 4.69) is 126 Å². The van der Waals surface area contributed by atoms with Crippen molar-refractivity contribution in [3.8, 4) is 11.5 Å². The number of nitrogens with zero attached hydrogens (tertiary/aromatic N) is 2. The predicted octanol–water partition coefficient (Wildman–Crippen LogP) is 12.3. The van der Waals surface area contributed by atoms with Crippen LogP contribution in [0.25, 0.3) is 76.8 Å². The fourth-order valence-electron chi connectivity index (χ4n) is 7.15. The van der Waals surface area contributed by atoms with E-state index in [0.29, 0.717) is 5.89 Å². The lowest BCUT2D eigenvalue weighted by molar-refractivity contribution is 0.620. The van der Waals surface area contributed by atoms with Gasteiger partial charge in [-0.3, -0.25) is 0 Å². The topological polar surface area (TPSA) is 42.4 Å². The van der Waals surface area contributed by atoms with Crippen molar-refractivity contribution < 1.29 is 8.83 Å². The number of oxazole rings is 1. The molecule has 47 heavy (non-hydrogen) atoms. The van der Waals surface area contributed by atoms with Gasteiger partial charge in [-0.05, 0) is 81.5 Å². The van der Waals surface area contributed by atoms with Gasteiger partial charge in [0.25, 0.3) is 0 Å². The Morgan fingerprint density at radius 1 is 0.426 bits per heavy atom. The van der Waals surface area contributed by atoms with Gasteiger partial charge in [-0.25, -0.2) is 4.98 Å². The molecule has 10 aromatic rings. The molecule has 0 saturated heterocycles. The number of aromatic nitrogens is 1. The number of anilines is 3. The van der Waals surface area contributed by atoms with Gasteiger partial charge in [0.2, 0.25) is 5.89 Å². The standard InChI is InChI=1S/C43H26N2O2/c1-2-12-28(13-3-1)45(38-26-36-30-14-5-4-11-27(30)21-23-32(36)31-15-6-7-16-33(31)38)29-22-24-34-41(25-29)46-40-20-10-17-35(42(34)40)43-44-37-18-8-9-19-39(37)47-43/h1-26H. The van der Waals surface area contributed by atoms with Gasteiger partial charge in [-0.15, -0.1) is 0 Å². The van der Waals surface area contributed by atoms with Crippen molar-refractivity contribution in [1.82, 2.24) is 4.98 Å². The van der Waals surface area contributed by atoms with Crippen LogP contribution in [0.15, 0.2) is 167 Å². The largest absolute Gasteiger partial charge is 0.456 e. The van der Waals surface area contributed by atoms with Gasteiger partial charge < -0.3 is 13.7 Å². The molecule has 0 N–H and O–H groups in total. The van der Waals surface area contributed by atoms with Crippen molar-refractivity contribution in [3.63, 3.8) is 0 Å². The Bertz CT molecular complexity index is 2780. The molecule has 2 aromatic heterocycles. The first-order chi connectivity index (χ1) is 23.3. The average Bonchev–Trinajstić information content (AvgIpc) is 3.74. The SMILES string of the molecule is c1ccc(N(c2ccc3c(c2)oc2cccc(-c4nc5ccccc5o4)c23)c2cc3c4ccccc4ccc3c3ccccc23)cc1. The number of benzene rings is 8. The quantitative estimate of drug-likeness (QED) is 0.188. The Balaban J connectivity index is 1.23. The minimum atomic E-state index is 0.587. The van der Waals surface area contributed by atoms with Crippen LogP contribution >= 0.6 is 0 Å². The average molecular weight is 603 g/mol. The maximum atomic E-state index is 6.57. The minimum absolute atomic E-state index is 0.587. The van der Waals surface area contributed by atoms with Crippen LogP contribution in [-0.2, 0) is 0 Å². The molecule has 0 aliphatic heterocycles. The van der Waals surface area contributed by atoms with E-state index in [1.165, 1.54) is 32.3 Å². The molecule has 8 aromatic carbocycles. The van der Waals surface area contributed by atoms with E-state index >= 15 is 0 Å². The van der Waals surface area contributed by atoms with E-state index in [0.717, 1.165) is 55.7 Å². The summed E-state index contributed by atoms with van der Waals surface area (Å²) in [5.74, 6) is 0.587. The van der Waals surface area contributed by atoms with E-state index in [-0.39, 0.29) is 0 Å². The molecule has 220 valence electrons. The molecule has 0 amide bonds. The van der Waals surface area contributed by atoms with Crippen LogP contribution in [0.2, 0.25) is 0 Å². The Hall–Kier alpha value is -6.39. The fourth-order valence-corrected chi connectivity index (χ4v) is 7.15. The second kappa shape index (κ2) is 10.1. The van der Waals surface area contributed by atoms with Gasteiger partial charge in [0, 0.05) is 39.2 Å². The molecule has 0 aliphatic carbocycles. The highest BCUT2D eigenvalue weighted by molar-refractivity contribution is 6.21. The summed E-state index contributed by atoms with van der Waals surface area (Å²) in [7, 11) is 0. The van der Waals surface area contributed by atoms with Crippen LogP contribution in [0, 0.1) is 0 Å². The van der Waals surface area contributed by atoms with Gasteiger partial charge >= 0.3 is 0 Å². The summed E-state index contributed by atoms with van der Waals surface area (Å²) >= 11 is 0. The van der Waals surface area contributed by atoms with E-state index in [4.69, 9.17) is 13.8 Å².